The molecule has 6 nitrogen and oxygen atoms in total. The molecular formula is C19H20BrN3O3. The number of carbonyl (C=O) groups excluding carboxylic acids is 1. The van der Waals surface area contributed by atoms with Crippen LogP contribution in [-0.4, -0.2) is 46.8 Å². The average Bonchev–Trinajstić information content (AvgIpc) is 2.87. The number of nitro benzene ring substituents is 1. The van der Waals surface area contributed by atoms with Crippen molar-refractivity contribution < 1.29 is 9.72 Å². The SMILES string of the molecule is O=C(c1cccc(Br)c1)N1CCCN(Cc2ccc([N+](=O)[O-])cc2)CC1. The first-order chi connectivity index (χ1) is 12.5. The predicted octanol–water partition coefficient (Wildman–Crippen LogP) is 3.71. The first-order valence-electron chi connectivity index (χ1n) is 8.53. The predicted molar refractivity (Wildman–Crippen MR) is 103 cm³/mol. The molecule has 0 saturated carbocycles. The van der Waals surface area contributed by atoms with Gasteiger partial charge in [0.1, 0.15) is 0 Å². The van der Waals surface area contributed by atoms with E-state index in [4.69, 9.17) is 0 Å². The molecule has 0 atom stereocenters. The second-order valence-electron chi connectivity index (χ2n) is 6.36. The molecule has 1 aliphatic heterocycles. The molecule has 0 radical (unpaired) electrons. The molecule has 0 N–H and O–H groups in total. The maximum absolute atomic E-state index is 12.7. The molecule has 2 aromatic carbocycles. The topological polar surface area (TPSA) is 66.7 Å². The quantitative estimate of drug-likeness (QED) is 0.561. The van der Waals surface area contributed by atoms with Crippen molar-refractivity contribution in [3.8, 4) is 0 Å². The summed E-state index contributed by atoms with van der Waals surface area (Å²) in [5.41, 5.74) is 1.85. The summed E-state index contributed by atoms with van der Waals surface area (Å²) in [5, 5.41) is 10.7. The number of carbonyl (C=O) groups is 1. The van der Waals surface area contributed by atoms with Crippen molar-refractivity contribution in [3.05, 3.63) is 74.2 Å². The van der Waals surface area contributed by atoms with Crippen LogP contribution in [0.2, 0.25) is 0 Å². The zero-order chi connectivity index (χ0) is 18.5. The van der Waals surface area contributed by atoms with Crippen LogP contribution in [0, 0.1) is 10.1 Å². The van der Waals surface area contributed by atoms with Gasteiger partial charge in [0.2, 0.25) is 0 Å². The second-order valence-corrected chi connectivity index (χ2v) is 7.27. The molecule has 7 heteroatoms. The van der Waals surface area contributed by atoms with Crippen LogP contribution >= 0.6 is 15.9 Å². The van der Waals surface area contributed by atoms with Crippen molar-refractivity contribution in [2.24, 2.45) is 0 Å². The van der Waals surface area contributed by atoms with Gasteiger partial charge in [-0.05, 0) is 30.2 Å². The van der Waals surface area contributed by atoms with Crippen LogP contribution in [0.3, 0.4) is 0 Å². The molecule has 0 aliphatic carbocycles. The molecule has 1 heterocycles. The Morgan fingerprint density at radius 2 is 1.85 bits per heavy atom. The summed E-state index contributed by atoms with van der Waals surface area (Å²) < 4.78 is 0.901. The fraction of sp³-hybridized carbons (Fsp3) is 0.316. The van der Waals surface area contributed by atoms with Crippen LogP contribution in [0.25, 0.3) is 0 Å². The molecular weight excluding hydrogens is 398 g/mol. The highest BCUT2D eigenvalue weighted by Gasteiger charge is 2.20. The van der Waals surface area contributed by atoms with Crippen molar-refractivity contribution in [2.75, 3.05) is 26.2 Å². The maximum Gasteiger partial charge on any atom is 0.269 e. The minimum absolute atomic E-state index is 0.0588. The molecule has 136 valence electrons. The number of amides is 1. The highest BCUT2D eigenvalue weighted by Crippen LogP contribution is 2.17. The van der Waals surface area contributed by atoms with Gasteiger partial charge in [0.25, 0.3) is 11.6 Å². The van der Waals surface area contributed by atoms with Crippen LogP contribution in [-0.2, 0) is 6.54 Å². The standard InChI is InChI=1S/C19H20BrN3O3/c20-17-4-1-3-16(13-17)19(24)22-10-2-9-21(11-12-22)14-15-5-7-18(8-6-15)23(25)26/h1,3-8,13H,2,9-12,14H2. The summed E-state index contributed by atoms with van der Waals surface area (Å²) >= 11 is 3.41. The van der Waals surface area contributed by atoms with Crippen molar-refractivity contribution in [1.82, 2.24) is 9.80 Å². The van der Waals surface area contributed by atoms with E-state index in [-0.39, 0.29) is 16.5 Å². The lowest BCUT2D eigenvalue weighted by atomic mass is 10.2. The first-order valence-corrected chi connectivity index (χ1v) is 9.33. The Balaban J connectivity index is 1.59. The number of non-ortho nitro benzene ring substituents is 1. The van der Waals surface area contributed by atoms with Crippen molar-refractivity contribution in [1.29, 1.82) is 0 Å². The minimum Gasteiger partial charge on any atom is -0.337 e. The lowest BCUT2D eigenvalue weighted by Gasteiger charge is -2.22. The molecule has 1 saturated heterocycles. The smallest absolute Gasteiger partial charge is 0.269 e. The van der Waals surface area contributed by atoms with Gasteiger partial charge in [0.05, 0.1) is 4.92 Å². The van der Waals surface area contributed by atoms with Gasteiger partial charge >= 0.3 is 0 Å². The third kappa shape index (κ3) is 4.68. The minimum atomic E-state index is -0.388. The third-order valence-electron chi connectivity index (χ3n) is 4.50. The van der Waals surface area contributed by atoms with Gasteiger partial charge in [-0.3, -0.25) is 19.8 Å². The Morgan fingerprint density at radius 3 is 2.54 bits per heavy atom. The number of benzene rings is 2. The number of hydrogen-bond acceptors (Lipinski definition) is 4. The van der Waals surface area contributed by atoms with Crippen LogP contribution in [0.15, 0.2) is 53.0 Å². The Labute approximate surface area is 160 Å². The van der Waals surface area contributed by atoms with E-state index in [0.29, 0.717) is 12.1 Å². The summed E-state index contributed by atoms with van der Waals surface area (Å²) in [5.74, 6) is 0.0588. The zero-order valence-corrected chi connectivity index (χ0v) is 15.9. The largest absolute Gasteiger partial charge is 0.337 e. The van der Waals surface area contributed by atoms with Gasteiger partial charge < -0.3 is 4.90 Å². The summed E-state index contributed by atoms with van der Waals surface area (Å²) in [4.78, 5) is 27.2. The van der Waals surface area contributed by atoms with Crippen LogP contribution in [0.1, 0.15) is 22.3 Å². The molecule has 0 spiro atoms. The van der Waals surface area contributed by atoms with Gasteiger partial charge in [-0.1, -0.05) is 34.1 Å². The van der Waals surface area contributed by atoms with E-state index in [9.17, 15) is 14.9 Å². The number of halogens is 1. The fourth-order valence-corrected chi connectivity index (χ4v) is 3.52. The summed E-state index contributed by atoms with van der Waals surface area (Å²) in [7, 11) is 0. The number of nitrogens with zero attached hydrogens (tertiary/aromatic N) is 3. The van der Waals surface area contributed by atoms with E-state index in [2.05, 4.69) is 20.8 Å². The molecule has 0 bridgehead atoms. The van der Waals surface area contributed by atoms with E-state index in [1.165, 1.54) is 12.1 Å². The number of hydrogen-bond donors (Lipinski definition) is 0. The highest BCUT2D eigenvalue weighted by molar-refractivity contribution is 9.10. The number of nitro groups is 1. The number of rotatable bonds is 4. The van der Waals surface area contributed by atoms with E-state index in [0.717, 1.165) is 42.6 Å². The van der Waals surface area contributed by atoms with Crippen molar-refractivity contribution in [3.63, 3.8) is 0 Å². The van der Waals surface area contributed by atoms with E-state index in [1.807, 2.05) is 29.2 Å². The van der Waals surface area contributed by atoms with E-state index < -0.39 is 0 Å². The molecule has 0 aromatic heterocycles. The Hall–Kier alpha value is -2.25. The molecule has 1 amide bonds. The molecule has 2 aromatic rings. The van der Waals surface area contributed by atoms with Crippen molar-refractivity contribution in [2.45, 2.75) is 13.0 Å². The van der Waals surface area contributed by atoms with Gasteiger partial charge in [-0.25, -0.2) is 0 Å². The Morgan fingerprint density at radius 1 is 1.08 bits per heavy atom. The van der Waals surface area contributed by atoms with Crippen LogP contribution in [0.5, 0.6) is 0 Å². The average molecular weight is 418 g/mol. The Bertz CT molecular complexity index is 795. The van der Waals surface area contributed by atoms with E-state index >= 15 is 0 Å². The molecule has 0 unspecified atom stereocenters. The monoisotopic (exact) mass is 417 g/mol. The molecule has 1 aliphatic rings. The maximum atomic E-state index is 12.7. The van der Waals surface area contributed by atoms with Gasteiger partial charge in [0.15, 0.2) is 0 Å². The lowest BCUT2D eigenvalue weighted by molar-refractivity contribution is -0.384. The summed E-state index contributed by atoms with van der Waals surface area (Å²) in [6, 6.07) is 14.1. The second kappa shape index (κ2) is 8.42. The highest BCUT2D eigenvalue weighted by atomic mass is 79.9. The van der Waals surface area contributed by atoms with Crippen LogP contribution in [0.4, 0.5) is 5.69 Å². The zero-order valence-electron chi connectivity index (χ0n) is 14.3. The van der Waals surface area contributed by atoms with Gasteiger partial charge in [0, 0.05) is 54.9 Å². The molecule has 1 fully saturated rings. The van der Waals surface area contributed by atoms with Crippen molar-refractivity contribution >= 4 is 27.5 Å². The third-order valence-corrected chi connectivity index (χ3v) is 4.99. The normalized spacial score (nSPS) is 15.5. The van der Waals surface area contributed by atoms with Gasteiger partial charge in [-0.2, -0.15) is 0 Å². The fourth-order valence-electron chi connectivity index (χ4n) is 3.12. The van der Waals surface area contributed by atoms with Crippen LogP contribution < -0.4 is 0 Å². The summed E-state index contributed by atoms with van der Waals surface area (Å²) in [6.45, 7) is 3.84. The Kier molecular flexibility index (Phi) is 6.00. The first kappa shape index (κ1) is 18.5. The molecule has 26 heavy (non-hydrogen) atoms. The molecule has 3 rings (SSSR count). The lowest BCUT2D eigenvalue weighted by Crippen LogP contribution is -2.35. The van der Waals surface area contributed by atoms with Gasteiger partial charge in [-0.15, -0.1) is 0 Å². The summed E-state index contributed by atoms with van der Waals surface area (Å²) in [6.07, 6.45) is 0.909. The van der Waals surface area contributed by atoms with E-state index in [1.54, 1.807) is 12.1 Å².